The van der Waals surface area contributed by atoms with Crippen molar-refractivity contribution >= 4 is 12.0 Å². The van der Waals surface area contributed by atoms with E-state index in [0.717, 1.165) is 20.3 Å². The second kappa shape index (κ2) is 10.4. The molecule has 0 aliphatic carbocycles. The molecule has 0 amide bonds. The highest BCUT2D eigenvalue weighted by atomic mass is 127. The molecule has 0 aromatic heterocycles. The lowest BCUT2D eigenvalue weighted by Crippen LogP contribution is -3.34. The summed E-state index contributed by atoms with van der Waals surface area (Å²) < 4.78 is 22.3. The number of carbonyl (C=O) groups excluding carboxylic acids is 1. The van der Waals surface area contributed by atoms with Gasteiger partial charge in [-0.2, -0.15) is 0 Å². The van der Waals surface area contributed by atoms with Crippen LogP contribution in [0.15, 0.2) is 97.1 Å². The number of carbonyl (C=O) groups is 1. The molecule has 0 atom stereocenters. The minimum Gasteiger partial charge on any atom is -0.423 e. The van der Waals surface area contributed by atoms with E-state index in [9.17, 15) is 9.18 Å². The Morgan fingerprint density at radius 3 is 1.81 bits per heavy atom. The number of ether oxygens (including phenoxy) is 1. The van der Waals surface area contributed by atoms with Gasteiger partial charge < -0.3 is 4.74 Å². The molecule has 0 radical (unpaired) electrons. The van der Waals surface area contributed by atoms with Crippen molar-refractivity contribution in [3.8, 4) is 28.0 Å². The monoisotopic (exact) mass is 648 g/mol. The third kappa shape index (κ3) is 5.83. The van der Waals surface area contributed by atoms with Crippen molar-refractivity contribution in [2.45, 2.75) is 0 Å². The summed E-state index contributed by atoms with van der Waals surface area (Å²) in [6.07, 6.45) is 2.85. The Bertz CT molecular complexity index is 1260. The Hall–Kier alpha value is -2.52. The van der Waals surface area contributed by atoms with Gasteiger partial charge in [-0.25, -0.2) is 9.18 Å². The summed E-state index contributed by atoms with van der Waals surface area (Å²) in [6.45, 7) is 0. The van der Waals surface area contributed by atoms with E-state index >= 15 is 0 Å². The molecule has 5 heteroatoms. The molecule has 4 aromatic rings. The second-order valence-electron chi connectivity index (χ2n) is 7.07. The lowest BCUT2D eigenvalue weighted by Gasteiger charge is -2.05. The highest BCUT2D eigenvalue weighted by molar-refractivity contribution is 5.89. The third-order valence-corrected chi connectivity index (χ3v) is 6.38. The Kier molecular flexibility index (Phi) is 7.36. The van der Waals surface area contributed by atoms with Crippen LogP contribution in [0.5, 0.6) is 5.75 Å². The summed E-state index contributed by atoms with van der Waals surface area (Å²) in [7, 11) is 0. The molecule has 0 aliphatic rings. The van der Waals surface area contributed by atoms with Crippen molar-refractivity contribution in [2.75, 3.05) is 0 Å². The maximum Gasteiger partial charge on any atom is 0.336 e. The topological polar surface area (TPSA) is 26.3 Å². The molecule has 0 unspecified atom stereocenters. The third-order valence-electron chi connectivity index (χ3n) is 4.83. The number of hydrogen-bond acceptors (Lipinski definition) is 2. The van der Waals surface area contributed by atoms with E-state index < -0.39 is 5.97 Å². The number of benzene rings is 4. The van der Waals surface area contributed by atoms with E-state index in [0.29, 0.717) is 16.9 Å². The molecule has 0 spiro atoms. The molecular formula is C27H19FI2O2+2. The number of halogens is 3. The minimum absolute atomic E-state index is 0.336. The van der Waals surface area contributed by atoms with Crippen LogP contribution in [0.2, 0.25) is 0 Å². The van der Waals surface area contributed by atoms with Crippen LogP contribution in [-0.2, 0) is 4.79 Å². The zero-order valence-electron chi connectivity index (χ0n) is 16.8. The van der Waals surface area contributed by atoms with Crippen molar-refractivity contribution in [3.63, 3.8) is 0 Å². The van der Waals surface area contributed by atoms with Gasteiger partial charge in [-0.05, 0) is 95.1 Å². The van der Waals surface area contributed by atoms with Crippen LogP contribution >= 0.6 is 0 Å². The molecule has 0 bridgehead atoms. The fraction of sp³-hybridized carbons (Fsp3) is 0. The quantitative estimate of drug-likeness (QED) is 0.129. The zero-order chi connectivity index (χ0) is 22.5. The SMILES string of the molecule is O=C(/C=C/c1ccc(-c2ccc([IH+])cc2)c(F)c1)Oc1ccc(-c2ccc([IH+])cc2)cc1. The van der Waals surface area contributed by atoms with Crippen molar-refractivity contribution in [1.82, 2.24) is 0 Å². The van der Waals surface area contributed by atoms with Crippen molar-refractivity contribution in [2.24, 2.45) is 0 Å². The maximum absolute atomic E-state index is 14.6. The van der Waals surface area contributed by atoms with E-state index in [2.05, 4.69) is 24.3 Å². The highest BCUT2D eigenvalue weighted by Crippen LogP contribution is 2.24. The first kappa shape index (κ1) is 22.7. The predicted octanol–water partition coefficient (Wildman–Crippen LogP) is -0.311. The predicted molar refractivity (Wildman–Crippen MR) is 119 cm³/mol. The fourth-order valence-electron chi connectivity index (χ4n) is 3.18. The van der Waals surface area contributed by atoms with Crippen LogP contribution in [0, 0.1) is 13.0 Å². The lowest BCUT2D eigenvalue weighted by molar-refractivity contribution is -0.328. The minimum atomic E-state index is -0.517. The standard InChI is InChI=1S/C27H19FI2O2/c28-26-17-18(1-15-25(26)21-5-11-23(30)12-6-21)2-16-27(31)32-24-13-7-20(8-14-24)19-3-9-22(29)10-4-19/h1-17,29-30H/q+2/b16-2+. The Morgan fingerprint density at radius 2 is 1.25 bits per heavy atom. The van der Waals surface area contributed by atoms with Crippen molar-refractivity contribution in [3.05, 3.63) is 116 Å². The van der Waals surface area contributed by atoms with Gasteiger partial charge in [0, 0.05) is 11.6 Å². The maximum atomic E-state index is 14.6. The van der Waals surface area contributed by atoms with Gasteiger partial charge >= 0.3 is 5.97 Å². The van der Waals surface area contributed by atoms with Crippen LogP contribution in [-0.4, -0.2) is 5.97 Å². The number of esters is 1. The van der Waals surface area contributed by atoms with Crippen LogP contribution in [0.4, 0.5) is 4.39 Å². The second-order valence-corrected chi connectivity index (χ2v) is 9.76. The van der Waals surface area contributed by atoms with E-state index in [4.69, 9.17) is 4.74 Å². The van der Waals surface area contributed by atoms with Crippen LogP contribution in [0.3, 0.4) is 0 Å². The molecule has 0 saturated carbocycles. The molecule has 4 rings (SSSR count). The van der Waals surface area contributed by atoms with E-state index in [1.54, 1.807) is 30.3 Å². The van der Waals surface area contributed by atoms with Crippen molar-refractivity contribution in [1.29, 1.82) is 0 Å². The first-order chi connectivity index (χ1) is 15.5. The Balaban J connectivity index is 1.40. The number of rotatable bonds is 5. The van der Waals surface area contributed by atoms with Gasteiger partial charge in [0.25, 0.3) is 45.2 Å². The molecule has 0 aliphatic heterocycles. The normalized spacial score (nSPS) is 11.0. The van der Waals surface area contributed by atoms with Crippen LogP contribution in [0.25, 0.3) is 28.3 Å². The smallest absolute Gasteiger partial charge is 0.336 e. The Morgan fingerprint density at radius 1 is 0.719 bits per heavy atom. The van der Waals surface area contributed by atoms with Gasteiger partial charge in [-0.3, -0.25) is 0 Å². The fourth-order valence-corrected chi connectivity index (χ4v) is 3.96. The van der Waals surface area contributed by atoms with Gasteiger partial charge in [0.15, 0.2) is 7.14 Å². The summed E-state index contributed by atoms with van der Waals surface area (Å²) in [4.78, 5) is 12.2. The van der Waals surface area contributed by atoms with E-state index in [1.165, 1.54) is 15.7 Å². The molecule has 0 saturated heterocycles. The molecule has 158 valence electrons. The summed E-state index contributed by atoms with van der Waals surface area (Å²) in [5.74, 6) is -0.397. The molecule has 32 heavy (non-hydrogen) atoms. The molecule has 0 N–H and O–H groups in total. The van der Waals surface area contributed by atoms with Gasteiger partial charge in [0.1, 0.15) is 11.6 Å². The molecular weight excluding hydrogens is 629 g/mol. The first-order valence-corrected chi connectivity index (χ1v) is 12.2. The Labute approximate surface area is 213 Å². The molecule has 0 heterocycles. The average Bonchev–Trinajstić information content (AvgIpc) is 2.80. The molecule has 4 aromatic carbocycles. The summed E-state index contributed by atoms with van der Waals surface area (Å²) in [6, 6.07) is 28.2. The number of hydrogen-bond donors (Lipinski definition) is 0. The summed E-state index contributed by atoms with van der Waals surface area (Å²) >= 11 is 3.89. The van der Waals surface area contributed by atoms with Gasteiger partial charge in [0.05, 0.1) is 0 Å². The van der Waals surface area contributed by atoms with Crippen molar-refractivity contribution < 1.29 is 59.1 Å². The van der Waals surface area contributed by atoms with Gasteiger partial charge in [-0.15, -0.1) is 0 Å². The molecule has 2 nitrogen and oxygen atoms in total. The van der Waals surface area contributed by atoms with Gasteiger partial charge in [-0.1, -0.05) is 24.3 Å². The zero-order valence-corrected chi connectivity index (χ0v) is 21.5. The largest absolute Gasteiger partial charge is 0.423 e. The average molecular weight is 648 g/mol. The summed E-state index contributed by atoms with van der Waals surface area (Å²) in [5.41, 5.74) is 4.08. The van der Waals surface area contributed by atoms with Gasteiger partial charge in [0.2, 0.25) is 0 Å². The first-order valence-electron chi connectivity index (χ1n) is 9.82. The summed E-state index contributed by atoms with van der Waals surface area (Å²) in [5, 5.41) is 0. The molecule has 0 fully saturated rings. The van der Waals surface area contributed by atoms with E-state index in [-0.39, 0.29) is 5.82 Å². The highest BCUT2D eigenvalue weighted by Gasteiger charge is 2.07. The van der Waals surface area contributed by atoms with Crippen LogP contribution < -0.4 is 49.9 Å². The lowest BCUT2D eigenvalue weighted by atomic mass is 10.0. The van der Waals surface area contributed by atoms with Crippen LogP contribution in [0.1, 0.15) is 5.56 Å². The van der Waals surface area contributed by atoms with E-state index in [1.807, 2.05) is 81.6 Å².